The van der Waals surface area contributed by atoms with Crippen molar-refractivity contribution in [2.24, 2.45) is 0 Å². The maximum atomic E-state index is 13.0. The zero-order valence-corrected chi connectivity index (χ0v) is 11.7. The van der Waals surface area contributed by atoms with E-state index in [2.05, 4.69) is 21.2 Å². The third kappa shape index (κ3) is 4.23. The molecule has 1 N–H and O–H groups in total. The molecule has 3 nitrogen and oxygen atoms in total. The lowest BCUT2D eigenvalue weighted by Crippen LogP contribution is -2.29. The van der Waals surface area contributed by atoms with Crippen LogP contribution in [0.3, 0.4) is 0 Å². The Morgan fingerprint density at radius 1 is 1.50 bits per heavy atom. The standard InChI is InChI=1S/C13H17BrFNO2/c14-12-8-10(3-4-13(12)15)18-7-5-16-9-11-2-1-6-17-11/h3-4,8,11,16H,1-2,5-7,9H2. The van der Waals surface area contributed by atoms with Gasteiger partial charge in [-0.15, -0.1) is 0 Å². The Kier molecular flexibility index (Phi) is 5.41. The van der Waals surface area contributed by atoms with E-state index in [1.807, 2.05) is 0 Å². The molecule has 0 aromatic heterocycles. The second kappa shape index (κ2) is 7.07. The molecule has 1 aromatic rings. The summed E-state index contributed by atoms with van der Waals surface area (Å²) in [6, 6.07) is 4.65. The lowest BCUT2D eigenvalue weighted by Gasteiger charge is -2.11. The maximum Gasteiger partial charge on any atom is 0.137 e. The van der Waals surface area contributed by atoms with Crippen LogP contribution < -0.4 is 10.1 Å². The van der Waals surface area contributed by atoms with Gasteiger partial charge in [0.1, 0.15) is 18.2 Å². The topological polar surface area (TPSA) is 30.5 Å². The number of rotatable bonds is 6. The molecule has 1 fully saturated rings. The van der Waals surface area contributed by atoms with Crippen LogP contribution in [0.2, 0.25) is 0 Å². The number of nitrogens with one attached hydrogen (secondary N) is 1. The van der Waals surface area contributed by atoms with Crippen LogP contribution in [0.1, 0.15) is 12.8 Å². The first-order valence-corrected chi connectivity index (χ1v) is 6.95. The van der Waals surface area contributed by atoms with Gasteiger partial charge in [-0.1, -0.05) is 0 Å². The fraction of sp³-hybridized carbons (Fsp3) is 0.538. The minimum atomic E-state index is -0.279. The van der Waals surface area contributed by atoms with Crippen molar-refractivity contribution in [2.45, 2.75) is 18.9 Å². The van der Waals surface area contributed by atoms with Crippen molar-refractivity contribution in [3.63, 3.8) is 0 Å². The van der Waals surface area contributed by atoms with Gasteiger partial charge in [0.15, 0.2) is 0 Å². The number of halogens is 2. The third-order valence-corrected chi connectivity index (χ3v) is 3.44. The highest BCUT2D eigenvalue weighted by atomic mass is 79.9. The smallest absolute Gasteiger partial charge is 0.137 e. The van der Waals surface area contributed by atoms with E-state index in [1.165, 1.54) is 6.07 Å². The number of ether oxygens (including phenoxy) is 2. The van der Waals surface area contributed by atoms with Crippen molar-refractivity contribution in [3.05, 3.63) is 28.5 Å². The molecule has 5 heteroatoms. The maximum absolute atomic E-state index is 13.0. The van der Waals surface area contributed by atoms with Gasteiger partial charge in [-0.25, -0.2) is 4.39 Å². The van der Waals surface area contributed by atoms with Crippen LogP contribution in [0.15, 0.2) is 22.7 Å². The van der Waals surface area contributed by atoms with E-state index in [4.69, 9.17) is 9.47 Å². The van der Waals surface area contributed by atoms with Crippen LogP contribution in [0.5, 0.6) is 5.75 Å². The van der Waals surface area contributed by atoms with Crippen molar-refractivity contribution in [1.29, 1.82) is 0 Å². The average molecular weight is 318 g/mol. The predicted octanol–water partition coefficient (Wildman–Crippen LogP) is 2.74. The second-order valence-electron chi connectivity index (χ2n) is 4.26. The van der Waals surface area contributed by atoms with Crippen LogP contribution in [-0.2, 0) is 4.74 Å². The molecular formula is C13H17BrFNO2. The highest BCUT2D eigenvalue weighted by Crippen LogP contribution is 2.21. The Morgan fingerprint density at radius 2 is 2.39 bits per heavy atom. The molecular weight excluding hydrogens is 301 g/mol. The highest BCUT2D eigenvalue weighted by molar-refractivity contribution is 9.10. The van der Waals surface area contributed by atoms with Crippen molar-refractivity contribution < 1.29 is 13.9 Å². The molecule has 1 aliphatic heterocycles. The van der Waals surface area contributed by atoms with E-state index >= 15 is 0 Å². The van der Waals surface area contributed by atoms with Gasteiger partial charge in [-0.05, 0) is 47.0 Å². The van der Waals surface area contributed by atoms with Crippen LogP contribution in [0.25, 0.3) is 0 Å². The minimum absolute atomic E-state index is 0.279. The Bertz CT molecular complexity index is 383. The van der Waals surface area contributed by atoms with Crippen LogP contribution in [0.4, 0.5) is 4.39 Å². The zero-order chi connectivity index (χ0) is 12.8. The molecule has 0 spiro atoms. The summed E-state index contributed by atoms with van der Waals surface area (Å²) in [6.45, 7) is 3.07. The summed E-state index contributed by atoms with van der Waals surface area (Å²) in [5, 5.41) is 3.29. The van der Waals surface area contributed by atoms with Gasteiger partial charge in [0.25, 0.3) is 0 Å². The van der Waals surface area contributed by atoms with Crippen molar-refractivity contribution in [1.82, 2.24) is 5.32 Å². The Hall–Kier alpha value is -0.650. The first kappa shape index (κ1) is 13.8. The summed E-state index contributed by atoms with van der Waals surface area (Å²) in [5.74, 6) is 0.390. The van der Waals surface area contributed by atoms with E-state index in [0.29, 0.717) is 22.9 Å². The zero-order valence-electron chi connectivity index (χ0n) is 10.1. The molecule has 2 rings (SSSR count). The van der Waals surface area contributed by atoms with Crippen LogP contribution in [0, 0.1) is 5.82 Å². The molecule has 1 atom stereocenters. The first-order valence-electron chi connectivity index (χ1n) is 6.16. The Morgan fingerprint density at radius 3 is 3.11 bits per heavy atom. The molecule has 18 heavy (non-hydrogen) atoms. The molecule has 0 aliphatic carbocycles. The van der Waals surface area contributed by atoms with Gasteiger partial charge in [0, 0.05) is 19.7 Å². The first-order chi connectivity index (χ1) is 8.75. The second-order valence-corrected chi connectivity index (χ2v) is 5.12. The summed E-state index contributed by atoms with van der Waals surface area (Å²) < 4.78 is 24.4. The predicted molar refractivity (Wildman–Crippen MR) is 71.4 cm³/mol. The SMILES string of the molecule is Fc1ccc(OCCNCC2CCCO2)cc1Br. The normalized spacial score (nSPS) is 19.1. The van der Waals surface area contributed by atoms with Crippen molar-refractivity contribution >= 4 is 15.9 Å². The monoisotopic (exact) mass is 317 g/mol. The third-order valence-electron chi connectivity index (χ3n) is 2.83. The van der Waals surface area contributed by atoms with Gasteiger partial charge in [-0.3, -0.25) is 0 Å². The van der Waals surface area contributed by atoms with Crippen molar-refractivity contribution in [3.8, 4) is 5.75 Å². The van der Waals surface area contributed by atoms with Gasteiger partial charge in [0.2, 0.25) is 0 Å². The number of benzene rings is 1. The lowest BCUT2D eigenvalue weighted by atomic mass is 10.2. The molecule has 100 valence electrons. The summed E-state index contributed by atoms with van der Waals surface area (Å²) in [7, 11) is 0. The fourth-order valence-corrected chi connectivity index (χ4v) is 2.23. The van der Waals surface area contributed by atoms with E-state index < -0.39 is 0 Å². The molecule has 1 aromatic carbocycles. The van der Waals surface area contributed by atoms with Crippen LogP contribution in [-0.4, -0.2) is 32.4 Å². The Balaban J connectivity index is 1.61. The largest absolute Gasteiger partial charge is 0.492 e. The van der Waals surface area contributed by atoms with E-state index in [1.54, 1.807) is 12.1 Å². The van der Waals surface area contributed by atoms with Gasteiger partial charge in [-0.2, -0.15) is 0 Å². The summed E-state index contributed by atoms with van der Waals surface area (Å²) >= 11 is 3.13. The summed E-state index contributed by atoms with van der Waals surface area (Å²) in [4.78, 5) is 0. The highest BCUT2D eigenvalue weighted by Gasteiger charge is 2.14. The molecule has 1 aliphatic rings. The van der Waals surface area contributed by atoms with E-state index in [-0.39, 0.29) is 5.82 Å². The fourth-order valence-electron chi connectivity index (χ4n) is 1.88. The summed E-state index contributed by atoms with van der Waals surface area (Å²) in [6.07, 6.45) is 2.65. The molecule has 0 radical (unpaired) electrons. The van der Waals surface area contributed by atoms with Gasteiger partial charge < -0.3 is 14.8 Å². The molecule has 0 saturated carbocycles. The average Bonchev–Trinajstić information content (AvgIpc) is 2.86. The molecule has 1 heterocycles. The number of hydrogen-bond donors (Lipinski definition) is 1. The number of hydrogen-bond acceptors (Lipinski definition) is 3. The molecule has 0 bridgehead atoms. The summed E-state index contributed by atoms with van der Waals surface area (Å²) in [5.41, 5.74) is 0. The Labute approximate surface area is 115 Å². The quantitative estimate of drug-likeness (QED) is 0.818. The van der Waals surface area contributed by atoms with Crippen LogP contribution >= 0.6 is 15.9 Å². The molecule has 1 unspecified atom stereocenters. The molecule has 1 saturated heterocycles. The van der Waals surface area contributed by atoms with Gasteiger partial charge >= 0.3 is 0 Å². The molecule has 0 amide bonds. The lowest BCUT2D eigenvalue weighted by molar-refractivity contribution is 0.109. The minimum Gasteiger partial charge on any atom is -0.492 e. The van der Waals surface area contributed by atoms with Gasteiger partial charge in [0.05, 0.1) is 10.6 Å². The van der Waals surface area contributed by atoms with E-state index in [0.717, 1.165) is 32.5 Å². The van der Waals surface area contributed by atoms with E-state index in [9.17, 15) is 4.39 Å². The van der Waals surface area contributed by atoms with Crippen molar-refractivity contribution in [2.75, 3.05) is 26.3 Å².